The fraction of sp³-hybridized carbons (Fsp3) is 0.524. The first-order valence-corrected chi connectivity index (χ1v) is 9.73. The Morgan fingerprint density at radius 1 is 1.11 bits per heavy atom. The van der Waals surface area contributed by atoms with Crippen LogP contribution in [0, 0.1) is 0 Å². The van der Waals surface area contributed by atoms with E-state index in [1.165, 1.54) is 18.6 Å². The Hall–Kier alpha value is -2.31. The summed E-state index contributed by atoms with van der Waals surface area (Å²) in [5, 5.41) is 3.77. The van der Waals surface area contributed by atoms with E-state index in [1.54, 1.807) is 0 Å². The molecule has 7 heteroatoms. The van der Waals surface area contributed by atoms with E-state index < -0.39 is 11.7 Å². The molecule has 0 bridgehead atoms. The van der Waals surface area contributed by atoms with Gasteiger partial charge in [-0.05, 0) is 31.5 Å². The quantitative estimate of drug-likeness (QED) is 0.317. The molecule has 0 atom stereocenters. The van der Waals surface area contributed by atoms with Gasteiger partial charge in [0.05, 0.1) is 12.2 Å². The van der Waals surface area contributed by atoms with Crippen molar-refractivity contribution in [3.05, 3.63) is 41.8 Å². The fourth-order valence-corrected chi connectivity index (χ4v) is 2.75. The second kappa shape index (κ2) is 10.9. The molecular formula is C21H27F3N2O2. The number of aromatic nitrogens is 2. The van der Waals surface area contributed by atoms with Crippen molar-refractivity contribution in [3.63, 3.8) is 0 Å². The summed E-state index contributed by atoms with van der Waals surface area (Å²) in [6, 6.07) is 3.87. The average Bonchev–Trinajstić information content (AvgIpc) is 3.14. The minimum Gasteiger partial charge on any atom is -0.493 e. The van der Waals surface area contributed by atoms with Gasteiger partial charge in [0.25, 0.3) is 0 Å². The smallest absolute Gasteiger partial charge is 0.419 e. The molecule has 0 unspecified atom stereocenters. The Kier molecular flexibility index (Phi) is 8.54. The highest BCUT2D eigenvalue weighted by molar-refractivity contribution is 5.59. The van der Waals surface area contributed by atoms with Crippen molar-refractivity contribution in [2.24, 2.45) is 0 Å². The molecule has 4 nitrogen and oxygen atoms in total. The lowest BCUT2D eigenvalue weighted by atomic mass is 10.1. The van der Waals surface area contributed by atoms with Crippen LogP contribution in [0.25, 0.3) is 11.4 Å². The van der Waals surface area contributed by atoms with Crippen LogP contribution >= 0.6 is 0 Å². The first kappa shape index (κ1) is 22.0. The third-order valence-electron chi connectivity index (χ3n) is 4.29. The van der Waals surface area contributed by atoms with Gasteiger partial charge in [-0.25, -0.2) is 0 Å². The minimum atomic E-state index is -4.52. The maximum Gasteiger partial charge on any atom is 0.419 e. The standard InChI is InChI=1S/C21H27F3N2O2/c1-3-5-7-8-9-10-14-27-18-13-12-16(15-17(18)21(22,23)24)20-25-19(28-26-20)11-6-4-2/h4,6,12-13,15H,3,5,7-11,14H2,1-2H3/b6-4-. The highest BCUT2D eigenvalue weighted by Crippen LogP contribution is 2.38. The van der Waals surface area contributed by atoms with E-state index in [-0.39, 0.29) is 23.7 Å². The lowest BCUT2D eigenvalue weighted by Gasteiger charge is -2.14. The van der Waals surface area contributed by atoms with E-state index in [4.69, 9.17) is 9.26 Å². The lowest BCUT2D eigenvalue weighted by molar-refractivity contribution is -0.138. The molecule has 28 heavy (non-hydrogen) atoms. The fourth-order valence-electron chi connectivity index (χ4n) is 2.75. The second-order valence-electron chi connectivity index (χ2n) is 6.61. The van der Waals surface area contributed by atoms with E-state index in [0.717, 1.165) is 38.2 Å². The molecule has 2 aromatic rings. The van der Waals surface area contributed by atoms with E-state index in [1.807, 2.05) is 19.1 Å². The Morgan fingerprint density at radius 3 is 2.57 bits per heavy atom. The van der Waals surface area contributed by atoms with E-state index in [9.17, 15) is 13.2 Å². The predicted octanol–water partition coefficient (Wildman–Crippen LogP) is 6.61. The maximum absolute atomic E-state index is 13.5. The number of benzene rings is 1. The molecule has 1 heterocycles. The minimum absolute atomic E-state index is 0.132. The van der Waals surface area contributed by atoms with Crippen LogP contribution in [-0.4, -0.2) is 16.7 Å². The van der Waals surface area contributed by atoms with Crippen molar-refractivity contribution in [2.45, 2.75) is 65.0 Å². The van der Waals surface area contributed by atoms with E-state index >= 15 is 0 Å². The van der Waals surface area contributed by atoms with Gasteiger partial charge in [-0.1, -0.05) is 56.3 Å². The van der Waals surface area contributed by atoms with Crippen molar-refractivity contribution in [1.29, 1.82) is 0 Å². The first-order valence-electron chi connectivity index (χ1n) is 9.73. The molecule has 0 N–H and O–H groups in total. The molecule has 0 aliphatic rings. The van der Waals surface area contributed by atoms with Crippen LogP contribution in [0.2, 0.25) is 0 Å². The number of unbranched alkanes of at least 4 members (excludes halogenated alkanes) is 5. The number of ether oxygens (including phenoxy) is 1. The third kappa shape index (κ3) is 6.69. The number of alkyl halides is 3. The van der Waals surface area contributed by atoms with Gasteiger partial charge in [-0.15, -0.1) is 0 Å². The number of hydrogen-bond acceptors (Lipinski definition) is 4. The predicted molar refractivity (Wildman–Crippen MR) is 102 cm³/mol. The van der Waals surface area contributed by atoms with Crippen LogP contribution in [0.5, 0.6) is 5.75 Å². The Labute approximate surface area is 163 Å². The van der Waals surface area contributed by atoms with Crippen molar-refractivity contribution in [1.82, 2.24) is 10.1 Å². The molecule has 0 spiro atoms. The van der Waals surface area contributed by atoms with Crippen molar-refractivity contribution in [2.75, 3.05) is 6.61 Å². The summed E-state index contributed by atoms with van der Waals surface area (Å²) in [4.78, 5) is 4.14. The maximum atomic E-state index is 13.5. The van der Waals surface area contributed by atoms with Gasteiger partial charge in [0.15, 0.2) is 0 Å². The first-order chi connectivity index (χ1) is 13.5. The lowest BCUT2D eigenvalue weighted by Crippen LogP contribution is -2.10. The molecule has 154 valence electrons. The Balaban J connectivity index is 2.05. The van der Waals surface area contributed by atoms with Gasteiger partial charge in [0.2, 0.25) is 11.7 Å². The molecule has 0 aliphatic carbocycles. The largest absolute Gasteiger partial charge is 0.493 e. The molecule has 0 amide bonds. The summed E-state index contributed by atoms with van der Waals surface area (Å²) in [6.45, 7) is 4.27. The molecule has 0 fully saturated rings. The van der Waals surface area contributed by atoms with Crippen LogP contribution in [-0.2, 0) is 12.6 Å². The Morgan fingerprint density at radius 2 is 1.86 bits per heavy atom. The highest BCUT2D eigenvalue weighted by Gasteiger charge is 2.35. The van der Waals surface area contributed by atoms with Crippen LogP contribution < -0.4 is 4.74 Å². The molecule has 0 saturated heterocycles. The van der Waals surface area contributed by atoms with Gasteiger partial charge in [-0.2, -0.15) is 18.2 Å². The molecule has 1 aromatic heterocycles. The number of hydrogen-bond donors (Lipinski definition) is 0. The molecule has 0 saturated carbocycles. The van der Waals surface area contributed by atoms with Crippen molar-refractivity contribution < 1.29 is 22.4 Å². The van der Waals surface area contributed by atoms with Gasteiger partial charge >= 0.3 is 6.18 Å². The van der Waals surface area contributed by atoms with Crippen LogP contribution in [0.1, 0.15) is 63.8 Å². The normalized spacial score (nSPS) is 12.0. The van der Waals surface area contributed by atoms with Gasteiger partial charge in [-0.3, -0.25) is 0 Å². The van der Waals surface area contributed by atoms with Crippen molar-refractivity contribution >= 4 is 0 Å². The summed E-state index contributed by atoms with van der Waals surface area (Å²) >= 11 is 0. The molecular weight excluding hydrogens is 369 g/mol. The zero-order chi connectivity index (χ0) is 20.4. The number of rotatable bonds is 11. The highest BCUT2D eigenvalue weighted by atomic mass is 19.4. The molecule has 0 aliphatic heterocycles. The summed E-state index contributed by atoms with van der Waals surface area (Å²) in [7, 11) is 0. The number of allylic oxidation sites excluding steroid dienone is 2. The van der Waals surface area contributed by atoms with Crippen LogP contribution in [0.4, 0.5) is 13.2 Å². The zero-order valence-electron chi connectivity index (χ0n) is 16.4. The van der Waals surface area contributed by atoms with E-state index in [2.05, 4.69) is 17.1 Å². The zero-order valence-corrected chi connectivity index (χ0v) is 16.4. The monoisotopic (exact) mass is 396 g/mol. The summed E-state index contributed by atoms with van der Waals surface area (Å²) in [6.07, 6.45) is 5.86. The number of nitrogens with zero attached hydrogens (tertiary/aromatic N) is 2. The molecule has 1 aromatic carbocycles. The summed E-state index contributed by atoms with van der Waals surface area (Å²) in [5.41, 5.74) is -0.578. The summed E-state index contributed by atoms with van der Waals surface area (Å²) < 4.78 is 50.9. The third-order valence-corrected chi connectivity index (χ3v) is 4.29. The Bertz CT molecular complexity index is 754. The van der Waals surface area contributed by atoms with Gasteiger partial charge in [0.1, 0.15) is 5.75 Å². The van der Waals surface area contributed by atoms with Gasteiger partial charge in [0, 0.05) is 12.0 Å². The molecule has 2 rings (SSSR count). The molecule has 0 radical (unpaired) electrons. The van der Waals surface area contributed by atoms with Gasteiger partial charge < -0.3 is 9.26 Å². The SMILES string of the molecule is C/C=C\Cc1nc(-c2ccc(OCCCCCCCC)c(C(F)(F)F)c2)no1. The van der Waals surface area contributed by atoms with Crippen LogP contribution in [0.15, 0.2) is 34.9 Å². The van der Waals surface area contributed by atoms with Crippen LogP contribution in [0.3, 0.4) is 0 Å². The topological polar surface area (TPSA) is 48.2 Å². The second-order valence-corrected chi connectivity index (χ2v) is 6.61. The number of halogens is 3. The van der Waals surface area contributed by atoms with Crippen molar-refractivity contribution in [3.8, 4) is 17.1 Å². The van der Waals surface area contributed by atoms with E-state index in [0.29, 0.717) is 12.3 Å². The summed E-state index contributed by atoms with van der Waals surface area (Å²) in [5.74, 6) is 0.319. The average molecular weight is 396 g/mol.